The molecule has 2 aliphatic heterocycles. The van der Waals surface area contributed by atoms with Crippen molar-refractivity contribution in [1.82, 2.24) is 15.1 Å². The van der Waals surface area contributed by atoms with Gasteiger partial charge in [0.15, 0.2) is 0 Å². The lowest BCUT2D eigenvalue weighted by Crippen LogP contribution is -2.52. The van der Waals surface area contributed by atoms with Crippen molar-refractivity contribution in [1.29, 1.82) is 0 Å². The topological polar surface area (TPSA) is 71.1 Å². The molecular formula is C25H35ClFN3O4. The lowest BCUT2D eigenvalue weighted by atomic mass is 9.85. The van der Waals surface area contributed by atoms with Gasteiger partial charge in [0, 0.05) is 56.5 Å². The van der Waals surface area contributed by atoms with Crippen molar-refractivity contribution in [3.63, 3.8) is 0 Å². The fraction of sp³-hybridized carbons (Fsp3) is 0.680. The van der Waals surface area contributed by atoms with Crippen molar-refractivity contribution in [2.75, 3.05) is 46.6 Å². The molecule has 4 rings (SSSR count). The highest BCUT2D eigenvalue weighted by molar-refractivity contribution is 6.31. The van der Waals surface area contributed by atoms with Gasteiger partial charge in [0.1, 0.15) is 5.82 Å². The zero-order chi connectivity index (χ0) is 24.3. The number of nitrogens with one attached hydrogen (secondary N) is 1. The number of carbonyl (C=O) groups is 2. The van der Waals surface area contributed by atoms with E-state index in [-0.39, 0.29) is 30.4 Å². The summed E-state index contributed by atoms with van der Waals surface area (Å²) in [5.41, 5.74) is 0.602. The predicted molar refractivity (Wildman–Crippen MR) is 127 cm³/mol. The molecule has 2 saturated heterocycles. The Morgan fingerprint density at radius 2 is 2.15 bits per heavy atom. The minimum Gasteiger partial charge on any atom is -0.383 e. The highest BCUT2D eigenvalue weighted by atomic mass is 35.5. The van der Waals surface area contributed by atoms with Gasteiger partial charge < -0.3 is 24.6 Å². The number of rotatable bonds is 8. The van der Waals surface area contributed by atoms with E-state index in [0.717, 1.165) is 37.8 Å². The van der Waals surface area contributed by atoms with Gasteiger partial charge in [-0.1, -0.05) is 11.6 Å². The van der Waals surface area contributed by atoms with Crippen LogP contribution >= 0.6 is 11.6 Å². The van der Waals surface area contributed by atoms with E-state index in [1.54, 1.807) is 13.2 Å². The van der Waals surface area contributed by atoms with Crippen LogP contribution in [0.5, 0.6) is 0 Å². The van der Waals surface area contributed by atoms with Gasteiger partial charge in [-0.05, 0) is 62.6 Å². The average Bonchev–Trinajstić information content (AvgIpc) is 3.56. The Morgan fingerprint density at radius 3 is 2.82 bits per heavy atom. The second kappa shape index (κ2) is 10.8. The van der Waals surface area contributed by atoms with Crippen molar-refractivity contribution in [3.8, 4) is 0 Å². The van der Waals surface area contributed by atoms with Gasteiger partial charge in [0.05, 0.1) is 18.6 Å². The first kappa shape index (κ1) is 25.2. The summed E-state index contributed by atoms with van der Waals surface area (Å²) in [6, 6.07) is 2.99. The molecule has 2 heterocycles. The molecule has 1 aliphatic carbocycles. The lowest BCUT2D eigenvalue weighted by molar-refractivity contribution is -0.147. The van der Waals surface area contributed by atoms with E-state index in [4.69, 9.17) is 21.1 Å². The summed E-state index contributed by atoms with van der Waals surface area (Å²) >= 11 is 5.98. The van der Waals surface area contributed by atoms with Crippen molar-refractivity contribution >= 4 is 23.5 Å². The number of hydrogen-bond acceptors (Lipinski definition) is 4. The van der Waals surface area contributed by atoms with Crippen LogP contribution in [0.25, 0.3) is 0 Å². The van der Waals surface area contributed by atoms with Crippen LogP contribution < -0.4 is 5.32 Å². The number of benzene rings is 1. The van der Waals surface area contributed by atoms with Crippen LogP contribution in [-0.4, -0.2) is 74.3 Å². The minimum absolute atomic E-state index is 0.104. The molecule has 7 nitrogen and oxygen atoms in total. The Kier molecular flexibility index (Phi) is 8.00. The molecule has 0 aromatic heterocycles. The Morgan fingerprint density at radius 1 is 1.35 bits per heavy atom. The number of urea groups is 1. The summed E-state index contributed by atoms with van der Waals surface area (Å²) in [7, 11) is 1.62. The monoisotopic (exact) mass is 495 g/mol. The van der Waals surface area contributed by atoms with Crippen LogP contribution in [-0.2, 0) is 20.8 Å². The first-order valence-electron chi connectivity index (χ1n) is 12.2. The van der Waals surface area contributed by atoms with Gasteiger partial charge in [-0.25, -0.2) is 9.18 Å². The number of methoxy groups -OCH3 is 1. The zero-order valence-corrected chi connectivity index (χ0v) is 20.8. The van der Waals surface area contributed by atoms with E-state index < -0.39 is 11.2 Å². The van der Waals surface area contributed by atoms with Crippen LogP contribution in [0.1, 0.15) is 43.2 Å². The van der Waals surface area contributed by atoms with Crippen LogP contribution in [0.4, 0.5) is 9.18 Å². The molecular weight excluding hydrogens is 461 g/mol. The van der Waals surface area contributed by atoms with Crippen LogP contribution in [0.15, 0.2) is 12.1 Å². The molecule has 0 bridgehead atoms. The van der Waals surface area contributed by atoms with E-state index in [1.165, 1.54) is 6.07 Å². The maximum Gasteiger partial charge on any atom is 0.317 e. The highest BCUT2D eigenvalue weighted by Gasteiger charge is 2.46. The second-order valence-electron chi connectivity index (χ2n) is 10.0. The first-order chi connectivity index (χ1) is 16.3. The van der Waals surface area contributed by atoms with Gasteiger partial charge in [-0.2, -0.15) is 0 Å². The number of nitrogens with zero attached hydrogens (tertiary/aromatic N) is 2. The fourth-order valence-electron chi connectivity index (χ4n) is 5.15. The number of ether oxygens (including phenoxy) is 2. The number of hydrogen-bond donors (Lipinski definition) is 1. The number of halogens is 2. The molecule has 1 N–H and O–H groups in total. The van der Waals surface area contributed by atoms with Gasteiger partial charge >= 0.3 is 6.03 Å². The highest BCUT2D eigenvalue weighted by Crippen LogP contribution is 2.34. The third-order valence-electron chi connectivity index (χ3n) is 7.24. The molecule has 3 fully saturated rings. The normalized spacial score (nSPS) is 24.8. The van der Waals surface area contributed by atoms with Crippen LogP contribution in [0.3, 0.4) is 0 Å². The summed E-state index contributed by atoms with van der Waals surface area (Å²) in [5.74, 6) is -0.107. The Labute approximate surface area is 205 Å². The molecule has 0 radical (unpaired) electrons. The summed E-state index contributed by atoms with van der Waals surface area (Å²) in [5, 5.41) is 3.26. The SMILES string of the molecule is COCC1(C(=O)N2CCC[C@@H](CN(C(=O)NCc3cc(C)c(Cl)cc3F)C3CC3)C2)CCOC1. The van der Waals surface area contributed by atoms with Crippen LogP contribution in [0.2, 0.25) is 5.02 Å². The van der Waals surface area contributed by atoms with Gasteiger partial charge in [0.25, 0.3) is 0 Å². The number of likely N-dealkylation sites (tertiary alicyclic amines) is 1. The smallest absolute Gasteiger partial charge is 0.317 e. The molecule has 3 amide bonds. The molecule has 34 heavy (non-hydrogen) atoms. The molecule has 0 spiro atoms. The standard InChI is InChI=1S/C25H35ClFN3O4/c1-17-10-19(22(27)11-21(17)26)12-28-24(32)30(20-5-6-20)14-18-4-3-8-29(13-18)23(31)25(15-33-2)7-9-34-16-25/h10-11,18,20H,3-9,12-16H2,1-2H3,(H,28,32)/t18-,25?/m1/s1. The quantitative estimate of drug-likeness (QED) is 0.596. The number of amides is 3. The third kappa shape index (κ3) is 5.66. The molecule has 188 valence electrons. The van der Waals surface area contributed by atoms with Gasteiger partial charge in [0.2, 0.25) is 5.91 Å². The Bertz CT molecular complexity index is 904. The van der Waals surface area contributed by atoms with E-state index in [2.05, 4.69) is 5.32 Å². The van der Waals surface area contributed by atoms with E-state index in [0.29, 0.717) is 49.9 Å². The number of piperidine rings is 1. The molecule has 2 atom stereocenters. The zero-order valence-electron chi connectivity index (χ0n) is 20.1. The summed E-state index contributed by atoms with van der Waals surface area (Å²) in [4.78, 5) is 30.3. The third-order valence-corrected chi connectivity index (χ3v) is 7.65. The van der Waals surface area contributed by atoms with Gasteiger partial charge in [-0.3, -0.25) is 4.79 Å². The summed E-state index contributed by atoms with van der Waals surface area (Å²) < 4.78 is 25.2. The van der Waals surface area contributed by atoms with E-state index in [1.807, 2.05) is 16.7 Å². The van der Waals surface area contributed by atoms with Crippen molar-refractivity contribution < 1.29 is 23.5 Å². The lowest BCUT2D eigenvalue weighted by Gasteiger charge is -2.39. The van der Waals surface area contributed by atoms with Crippen molar-refractivity contribution in [2.45, 2.75) is 51.6 Å². The van der Waals surface area contributed by atoms with Crippen molar-refractivity contribution in [2.24, 2.45) is 11.3 Å². The maximum atomic E-state index is 14.3. The second-order valence-corrected chi connectivity index (χ2v) is 10.4. The minimum atomic E-state index is -0.592. The largest absolute Gasteiger partial charge is 0.383 e. The predicted octanol–water partition coefficient (Wildman–Crippen LogP) is 3.75. The van der Waals surface area contributed by atoms with E-state index in [9.17, 15) is 14.0 Å². The molecule has 3 aliphatic rings. The Hall–Kier alpha value is -1.90. The molecule has 1 saturated carbocycles. The molecule has 1 unspecified atom stereocenters. The average molecular weight is 496 g/mol. The summed E-state index contributed by atoms with van der Waals surface area (Å²) in [6.07, 6.45) is 4.52. The first-order valence-corrected chi connectivity index (χ1v) is 12.6. The van der Waals surface area contributed by atoms with Crippen molar-refractivity contribution in [3.05, 3.63) is 34.1 Å². The summed E-state index contributed by atoms with van der Waals surface area (Å²) in [6.45, 7) is 5.22. The molecule has 1 aromatic rings. The number of aryl methyl sites for hydroxylation is 1. The Balaban J connectivity index is 1.36. The number of carbonyl (C=O) groups excluding carboxylic acids is 2. The van der Waals surface area contributed by atoms with Crippen LogP contribution in [0, 0.1) is 24.1 Å². The maximum absolute atomic E-state index is 14.3. The van der Waals surface area contributed by atoms with E-state index >= 15 is 0 Å². The molecule has 1 aromatic carbocycles. The fourth-order valence-corrected chi connectivity index (χ4v) is 5.30. The molecule has 9 heteroatoms. The van der Waals surface area contributed by atoms with Gasteiger partial charge in [-0.15, -0.1) is 0 Å².